The summed E-state index contributed by atoms with van der Waals surface area (Å²) >= 11 is 0. The fourth-order valence-electron chi connectivity index (χ4n) is 1.20. The SMILES string of the molecule is O=CNc1ccn(-c2ccc(F)cc2)n1. The molecular formula is C10H8FN3O. The quantitative estimate of drug-likeness (QED) is 0.773. The predicted molar refractivity (Wildman–Crippen MR) is 53.2 cm³/mol. The van der Waals surface area contributed by atoms with Gasteiger partial charge in [-0.3, -0.25) is 4.79 Å². The molecule has 1 amide bonds. The Kier molecular flexibility index (Phi) is 2.45. The van der Waals surface area contributed by atoms with Crippen molar-refractivity contribution in [1.29, 1.82) is 0 Å². The number of carbonyl (C=O) groups is 1. The van der Waals surface area contributed by atoms with Gasteiger partial charge >= 0.3 is 0 Å². The summed E-state index contributed by atoms with van der Waals surface area (Å²) < 4.78 is 14.2. The number of nitrogens with zero attached hydrogens (tertiary/aromatic N) is 2. The fourth-order valence-corrected chi connectivity index (χ4v) is 1.20. The second-order valence-electron chi connectivity index (χ2n) is 2.88. The van der Waals surface area contributed by atoms with Crippen molar-refractivity contribution < 1.29 is 9.18 Å². The number of hydrogen-bond acceptors (Lipinski definition) is 2. The summed E-state index contributed by atoms with van der Waals surface area (Å²) in [5.74, 6) is 0.159. The summed E-state index contributed by atoms with van der Waals surface area (Å²) in [5, 5.41) is 6.47. The van der Waals surface area contributed by atoms with Crippen LogP contribution in [0, 0.1) is 5.82 Å². The molecule has 1 aromatic carbocycles. The Morgan fingerprint density at radius 3 is 2.67 bits per heavy atom. The van der Waals surface area contributed by atoms with Crippen molar-refractivity contribution in [3.05, 3.63) is 42.3 Å². The van der Waals surface area contributed by atoms with Gasteiger partial charge in [0.15, 0.2) is 5.82 Å². The summed E-state index contributed by atoms with van der Waals surface area (Å²) in [6, 6.07) is 7.56. The fraction of sp³-hybridized carbons (Fsp3) is 0. The Labute approximate surface area is 85.3 Å². The van der Waals surface area contributed by atoms with Crippen molar-refractivity contribution in [2.45, 2.75) is 0 Å². The van der Waals surface area contributed by atoms with E-state index in [9.17, 15) is 9.18 Å². The molecular weight excluding hydrogens is 197 g/mol. The van der Waals surface area contributed by atoms with E-state index in [-0.39, 0.29) is 5.82 Å². The molecule has 0 saturated carbocycles. The maximum atomic E-state index is 12.6. The molecule has 2 rings (SSSR count). The maximum Gasteiger partial charge on any atom is 0.212 e. The third kappa shape index (κ3) is 2.01. The van der Waals surface area contributed by atoms with E-state index >= 15 is 0 Å². The van der Waals surface area contributed by atoms with Gasteiger partial charge < -0.3 is 5.32 Å². The molecule has 0 atom stereocenters. The zero-order valence-electron chi connectivity index (χ0n) is 7.72. The molecule has 0 saturated heterocycles. The van der Waals surface area contributed by atoms with Crippen LogP contribution in [0.25, 0.3) is 5.69 Å². The summed E-state index contributed by atoms with van der Waals surface area (Å²) in [4.78, 5) is 10.2. The lowest BCUT2D eigenvalue weighted by atomic mass is 10.3. The smallest absolute Gasteiger partial charge is 0.212 e. The van der Waals surface area contributed by atoms with Crippen LogP contribution in [0.2, 0.25) is 0 Å². The van der Waals surface area contributed by atoms with Crippen molar-refractivity contribution in [1.82, 2.24) is 9.78 Å². The molecule has 0 aliphatic rings. The minimum atomic E-state index is -0.294. The van der Waals surface area contributed by atoms with Crippen LogP contribution in [0.5, 0.6) is 0 Å². The normalized spacial score (nSPS) is 9.93. The minimum absolute atomic E-state index is 0.294. The van der Waals surface area contributed by atoms with Gasteiger partial charge in [0.25, 0.3) is 0 Å². The Bertz CT molecular complexity index is 464. The van der Waals surface area contributed by atoms with Gasteiger partial charge in [0.2, 0.25) is 6.41 Å². The number of benzene rings is 1. The first-order valence-corrected chi connectivity index (χ1v) is 4.31. The first-order chi connectivity index (χ1) is 7.29. The molecule has 0 unspecified atom stereocenters. The number of aromatic nitrogens is 2. The van der Waals surface area contributed by atoms with Gasteiger partial charge in [-0.05, 0) is 24.3 Å². The van der Waals surface area contributed by atoms with Crippen LogP contribution in [-0.2, 0) is 4.79 Å². The van der Waals surface area contributed by atoms with E-state index in [0.29, 0.717) is 12.2 Å². The molecule has 4 nitrogen and oxygen atoms in total. The van der Waals surface area contributed by atoms with Crippen LogP contribution in [-0.4, -0.2) is 16.2 Å². The minimum Gasteiger partial charge on any atom is -0.312 e. The van der Waals surface area contributed by atoms with Crippen molar-refractivity contribution in [3.63, 3.8) is 0 Å². The van der Waals surface area contributed by atoms with Gasteiger partial charge in [0, 0.05) is 12.3 Å². The van der Waals surface area contributed by atoms with Gasteiger partial charge in [-0.25, -0.2) is 9.07 Å². The molecule has 1 aromatic heterocycles. The number of nitrogens with one attached hydrogen (secondary N) is 1. The lowest BCUT2D eigenvalue weighted by Gasteiger charge is -1.99. The summed E-state index contributed by atoms with van der Waals surface area (Å²) in [5.41, 5.74) is 0.732. The van der Waals surface area contributed by atoms with Crippen LogP contribution in [0.4, 0.5) is 10.2 Å². The first-order valence-electron chi connectivity index (χ1n) is 4.31. The van der Waals surface area contributed by atoms with Crippen LogP contribution in [0.3, 0.4) is 0 Å². The van der Waals surface area contributed by atoms with Crippen LogP contribution < -0.4 is 5.32 Å². The van der Waals surface area contributed by atoms with E-state index in [0.717, 1.165) is 5.69 Å². The van der Waals surface area contributed by atoms with Crippen molar-refractivity contribution >= 4 is 12.2 Å². The Morgan fingerprint density at radius 2 is 2.00 bits per heavy atom. The summed E-state index contributed by atoms with van der Waals surface area (Å²) in [6.07, 6.45) is 2.23. The van der Waals surface area contributed by atoms with E-state index in [2.05, 4.69) is 10.4 Å². The van der Waals surface area contributed by atoms with E-state index in [1.54, 1.807) is 29.1 Å². The van der Waals surface area contributed by atoms with E-state index < -0.39 is 0 Å². The van der Waals surface area contributed by atoms with Crippen LogP contribution >= 0.6 is 0 Å². The number of amides is 1. The molecule has 5 heteroatoms. The highest BCUT2D eigenvalue weighted by Crippen LogP contribution is 2.10. The number of rotatable bonds is 3. The molecule has 0 bridgehead atoms. The van der Waals surface area contributed by atoms with Crippen LogP contribution in [0.1, 0.15) is 0 Å². The zero-order chi connectivity index (χ0) is 10.7. The highest BCUT2D eigenvalue weighted by Gasteiger charge is 1.99. The molecule has 0 aliphatic carbocycles. The second-order valence-corrected chi connectivity index (χ2v) is 2.88. The van der Waals surface area contributed by atoms with Gasteiger partial charge in [-0.1, -0.05) is 0 Å². The highest BCUT2D eigenvalue weighted by atomic mass is 19.1. The van der Waals surface area contributed by atoms with Crippen molar-refractivity contribution in [2.75, 3.05) is 5.32 Å². The maximum absolute atomic E-state index is 12.6. The Morgan fingerprint density at radius 1 is 1.27 bits per heavy atom. The summed E-state index contributed by atoms with van der Waals surface area (Å²) in [6.45, 7) is 0. The number of hydrogen-bond donors (Lipinski definition) is 1. The van der Waals surface area contributed by atoms with E-state index in [1.807, 2.05) is 0 Å². The molecule has 0 radical (unpaired) electrons. The molecule has 1 heterocycles. The standard InChI is InChI=1S/C10H8FN3O/c11-8-1-3-9(4-2-8)14-6-5-10(13-14)12-7-15/h1-7H,(H,12,13,15). The Hall–Kier alpha value is -2.17. The largest absolute Gasteiger partial charge is 0.312 e. The van der Waals surface area contributed by atoms with Crippen molar-refractivity contribution in [3.8, 4) is 5.69 Å². The molecule has 1 N–H and O–H groups in total. The zero-order valence-corrected chi connectivity index (χ0v) is 7.72. The van der Waals surface area contributed by atoms with Crippen molar-refractivity contribution in [2.24, 2.45) is 0 Å². The third-order valence-electron chi connectivity index (χ3n) is 1.89. The lowest BCUT2D eigenvalue weighted by Crippen LogP contribution is -1.98. The second kappa shape index (κ2) is 3.91. The molecule has 76 valence electrons. The van der Waals surface area contributed by atoms with Gasteiger partial charge in [-0.15, -0.1) is 0 Å². The number of anilines is 1. The summed E-state index contributed by atoms with van der Waals surface area (Å²) in [7, 11) is 0. The van der Waals surface area contributed by atoms with Gasteiger partial charge in [0.1, 0.15) is 5.82 Å². The predicted octanol–water partition coefficient (Wildman–Crippen LogP) is 1.58. The number of halogens is 1. The molecule has 2 aromatic rings. The first kappa shape index (κ1) is 9.39. The average Bonchev–Trinajstić information content (AvgIpc) is 2.68. The average molecular weight is 205 g/mol. The van der Waals surface area contributed by atoms with Crippen LogP contribution in [0.15, 0.2) is 36.5 Å². The van der Waals surface area contributed by atoms with E-state index in [4.69, 9.17) is 0 Å². The highest BCUT2D eigenvalue weighted by molar-refractivity contribution is 5.68. The molecule has 0 fully saturated rings. The molecule has 0 aliphatic heterocycles. The van der Waals surface area contributed by atoms with E-state index in [1.165, 1.54) is 12.1 Å². The topological polar surface area (TPSA) is 46.9 Å². The van der Waals surface area contributed by atoms with Gasteiger partial charge in [-0.2, -0.15) is 5.10 Å². The monoisotopic (exact) mass is 205 g/mol. The molecule has 15 heavy (non-hydrogen) atoms. The van der Waals surface area contributed by atoms with Gasteiger partial charge in [0.05, 0.1) is 5.69 Å². The number of carbonyl (C=O) groups excluding carboxylic acids is 1. The lowest BCUT2D eigenvalue weighted by molar-refractivity contribution is -0.105. The Balaban J connectivity index is 2.28. The third-order valence-corrected chi connectivity index (χ3v) is 1.89. The molecule has 0 spiro atoms.